The molecule has 0 spiro atoms. The Balaban J connectivity index is 1.68. The van der Waals surface area contributed by atoms with Crippen LogP contribution >= 0.6 is 0 Å². The lowest BCUT2D eigenvalue weighted by atomic mass is 9.81. The summed E-state index contributed by atoms with van der Waals surface area (Å²) < 4.78 is 4.85. The molecule has 0 unspecified atom stereocenters. The molecule has 0 aliphatic rings. The van der Waals surface area contributed by atoms with Gasteiger partial charge < -0.3 is 10.6 Å². The zero-order valence-corrected chi connectivity index (χ0v) is 20.1. The third-order valence-electron chi connectivity index (χ3n) is 6.27. The third kappa shape index (κ3) is 4.97. The van der Waals surface area contributed by atoms with Crippen LogP contribution in [-0.2, 0) is 18.3 Å². The first-order chi connectivity index (χ1) is 15.9. The van der Waals surface area contributed by atoms with Gasteiger partial charge in [-0.25, -0.2) is 14.6 Å². The number of aryl methyl sites for hydroxylation is 2. The number of rotatable bonds is 9. The highest BCUT2D eigenvalue weighted by Gasteiger charge is 2.20. The lowest BCUT2D eigenvalue weighted by Crippen LogP contribution is -2.16. The van der Waals surface area contributed by atoms with E-state index in [0.29, 0.717) is 22.9 Å². The molecule has 0 amide bonds. The van der Waals surface area contributed by atoms with Crippen LogP contribution in [0, 0.1) is 0 Å². The summed E-state index contributed by atoms with van der Waals surface area (Å²) in [6.07, 6.45) is 4.17. The van der Waals surface area contributed by atoms with Gasteiger partial charge in [-0.05, 0) is 69.9 Å². The van der Waals surface area contributed by atoms with Gasteiger partial charge in [-0.1, -0.05) is 65.3 Å². The van der Waals surface area contributed by atoms with E-state index in [1.54, 1.807) is 0 Å². The van der Waals surface area contributed by atoms with Crippen molar-refractivity contribution in [3.8, 4) is 0 Å². The molecule has 7 nitrogen and oxygen atoms in total. The van der Waals surface area contributed by atoms with Crippen molar-refractivity contribution in [2.75, 3.05) is 10.6 Å². The minimum Gasteiger partial charge on any atom is -0.337 e. The van der Waals surface area contributed by atoms with E-state index in [2.05, 4.69) is 108 Å². The molecule has 0 bridgehead atoms. The fourth-order valence-corrected chi connectivity index (χ4v) is 3.75. The summed E-state index contributed by atoms with van der Waals surface area (Å²) in [6.45, 7) is 11.1. The maximum Gasteiger partial charge on any atom is 0.245 e. The molecule has 4 rings (SSSR count). The normalized spacial score (nSPS) is 11.7. The first-order valence-electron chi connectivity index (χ1n) is 11.7. The monoisotopic (exact) mass is 444 g/mol. The van der Waals surface area contributed by atoms with Crippen molar-refractivity contribution in [1.29, 1.82) is 0 Å². The van der Waals surface area contributed by atoms with E-state index in [0.717, 1.165) is 37.1 Å². The minimum absolute atomic E-state index is 0.129. The second-order valence-electron chi connectivity index (χ2n) is 8.99. The van der Waals surface area contributed by atoms with Crippen LogP contribution < -0.4 is 10.6 Å². The molecule has 0 radical (unpaired) electrons. The van der Waals surface area contributed by atoms with E-state index < -0.39 is 0 Å². The van der Waals surface area contributed by atoms with E-state index in [1.165, 1.54) is 16.7 Å². The zero-order valence-electron chi connectivity index (χ0n) is 20.1. The quantitative estimate of drug-likeness (QED) is 0.297. The Morgan fingerprint density at radius 3 is 2.12 bits per heavy atom. The van der Waals surface area contributed by atoms with Crippen molar-refractivity contribution in [2.24, 2.45) is 0 Å². The number of nitrogens with one attached hydrogen (secondary N) is 2. The molecule has 4 aromatic rings. The van der Waals surface area contributed by atoms with Gasteiger partial charge in [-0.2, -0.15) is 0 Å². The molecular formula is C26H32N6O. The first-order valence-corrected chi connectivity index (χ1v) is 11.7. The topological polar surface area (TPSA) is 88.8 Å². The second-order valence-corrected chi connectivity index (χ2v) is 8.99. The van der Waals surface area contributed by atoms with Gasteiger partial charge in [0.05, 0.1) is 0 Å². The van der Waals surface area contributed by atoms with Gasteiger partial charge in [0.15, 0.2) is 11.6 Å². The molecule has 0 aliphatic carbocycles. The van der Waals surface area contributed by atoms with Crippen LogP contribution in [-0.4, -0.2) is 20.3 Å². The number of hydrogen-bond donors (Lipinski definition) is 2. The molecule has 0 saturated carbocycles. The molecular weight excluding hydrogens is 412 g/mol. The number of hydrogen-bond acceptors (Lipinski definition) is 7. The average molecular weight is 445 g/mol. The Bertz CT molecular complexity index is 1230. The van der Waals surface area contributed by atoms with Crippen LogP contribution in [0.3, 0.4) is 0 Å². The van der Waals surface area contributed by atoms with Gasteiger partial charge in [-0.15, -0.1) is 0 Å². The molecule has 172 valence electrons. The molecule has 0 aliphatic heterocycles. The van der Waals surface area contributed by atoms with Gasteiger partial charge >= 0.3 is 0 Å². The van der Waals surface area contributed by atoms with Gasteiger partial charge in [0.25, 0.3) is 0 Å². The van der Waals surface area contributed by atoms with E-state index in [4.69, 9.17) is 4.63 Å². The molecule has 2 heterocycles. The predicted molar refractivity (Wildman–Crippen MR) is 134 cm³/mol. The first kappa shape index (κ1) is 22.7. The van der Waals surface area contributed by atoms with Crippen LogP contribution in [0.15, 0.2) is 47.1 Å². The van der Waals surface area contributed by atoms with Gasteiger partial charge in [-0.3, -0.25) is 0 Å². The van der Waals surface area contributed by atoms with Crippen molar-refractivity contribution >= 4 is 34.3 Å². The summed E-state index contributed by atoms with van der Waals surface area (Å²) in [5.74, 6) is 1.15. The van der Waals surface area contributed by atoms with Crippen LogP contribution in [0.2, 0.25) is 0 Å². The summed E-state index contributed by atoms with van der Waals surface area (Å²) in [6, 6.07) is 15.0. The molecule has 2 aromatic carbocycles. The predicted octanol–water partition coefficient (Wildman–Crippen LogP) is 6.70. The number of nitrogens with zero attached hydrogens (tertiary/aromatic N) is 4. The Kier molecular flexibility index (Phi) is 6.58. The molecule has 0 saturated heterocycles. The second kappa shape index (κ2) is 9.57. The fourth-order valence-electron chi connectivity index (χ4n) is 3.75. The highest BCUT2D eigenvalue weighted by molar-refractivity contribution is 5.79. The molecule has 0 atom stereocenters. The number of aromatic nitrogens is 4. The van der Waals surface area contributed by atoms with Gasteiger partial charge in [0.1, 0.15) is 0 Å². The summed E-state index contributed by atoms with van der Waals surface area (Å²) in [4.78, 5) is 9.24. The largest absolute Gasteiger partial charge is 0.337 e. The van der Waals surface area contributed by atoms with E-state index in [9.17, 15) is 0 Å². The zero-order chi connectivity index (χ0) is 23.4. The average Bonchev–Trinajstić information content (AvgIpc) is 3.28. The maximum atomic E-state index is 4.85. The fraction of sp³-hybridized carbons (Fsp3) is 0.385. The molecule has 33 heavy (non-hydrogen) atoms. The maximum absolute atomic E-state index is 4.85. The van der Waals surface area contributed by atoms with E-state index >= 15 is 0 Å². The Hall–Kier alpha value is -3.48. The molecule has 2 aromatic heterocycles. The van der Waals surface area contributed by atoms with Crippen LogP contribution in [0.25, 0.3) is 11.3 Å². The minimum atomic E-state index is 0.129. The molecule has 7 heteroatoms. The van der Waals surface area contributed by atoms with Crippen LogP contribution in [0.5, 0.6) is 0 Å². The summed E-state index contributed by atoms with van der Waals surface area (Å²) in [5, 5.41) is 14.6. The van der Waals surface area contributed by atoms with Crippen LogP contribution in [0.4, 0.5) is 23.0 Å². The Morgan fingerprint density at radius 2 is 1.52 bits per heavy atom. The molecule has 2 N–H and O–H groups in total. The molecule has 0 fully saturated rings. The smallest absolute Gasteiger partial charge is 0.245 e. The number of benzene rings is 2. The van der Waals surface area contributed by atoms with E-state index in [1.807, 2.05) is 0 Å². The van der Waals surface area contributed by atoms with Crippen molar-refractivity contribution in [2.45, 2.75) is 65.7 Å². The standard InChI is InChI=1S/C26H32N6O/c1-6-9-17-10-13-20(14-11-17)27-22-23(30-25-24(29-22)31-33-32-25)28-21-15-12-19(16-18(21)7-2)26(4,5)8-3/h10-16H,6-9H2,1-5H3,(H,27,29,31)(H,28,30,32). The van der Waals surface area contributed by atoms with Crippen LogP contribution in [0.1, 0.15) is 64.2 Å². The van der Waals surface area contributed by atoms with Crippen molar-refractivity contribution < 1.29 is 4.63 Å². The lowest BCUT2D eigenvalue weighted by Gasteiger charge is -2.25. The van der Waals surface area contributed by atoms with E-state index in [-0.39, 0.29) is 5.41 Å². The van der Waals surface area contributed by atoms with Gasteiger partial charge in [0.2, 0.25) is 11.3 Å². The van der Waals surface area contributed by atoms with Gasteiger partial charge in [0, 0.05) is 11.4 Å². The highest BCUT2D eigenvalue weighted by atomic mass is 16.6. The highest BCUT2D eigenvalue weighted by Crippen LogP contribution is 2.33. The summed E-state index contributed by atoms with van der Waals surface area (Å²) in [5.41, 5.74) is 6.66. The van der Waals surface area contributed by atoms with Crippen molar-refractivity contribution in [1.82, 2.24) is 20.3 Å². The number of anilines is 4. The van der Waals surface area contributed by atoms with Crippen molar-refractivity contribution in [3.63, 3.8) is 0 Å². The lowest BCUT2D eigenvalue weighted by molar-refractivity contribution is 0.314. The SMILES string of the molecule is CCCc1ccc(Nc2nc3nonc3nc2Nc2ccc(C(C)(C)CC)cc2CC)cc1. The summed E-state index contributed by atoms with van der Waals surface area (Å²) in [7, 11) is 0. The van der Waals surface area contributed by atoms with Crippen molar-refractivity contribution in [3.05, 3.63) is 59.2 Å². The summed E-state index contributed by atoms with van der Waals surface area (Å²) >= 11 is 0. The Morgan fingerprint density at radius 1 is 0.848 bits per heavy atom. The third-order valence-corrected chi connectivity index (χ3v) is 6.27. The number of fused-ring (bicyclic) bond motifs is 1. The Labute approximate surface area is 195 Å².